The summed E-state index contributed by atoms with van der Waals surface area (Å²) in [6.07, 6.45) is 54.9. The first kappa shape index (κ1) is 112. The normalized spacial score (nSPS) is 11.0. The zero-order chi connectivity index (χ0) is 104. The second kappa shape index (κ2) is 52.6. The summed E-state index contributed by atoms with van der Waals surface area (Å²) in [5.41, 5.74) is 8.45. The van der Waals surface area contributed by atoms with Crippen molar-refractivity contribution in [3.05, 3.63) is 217 Å². The van der Waals surface area contributed by atoms with E-state index in [4.69, 9.17) is 48.0 Å². The van der Waals surface area contributed by atoms with E-state index in [9.17, 15) is 63.9 Å². The van der Waals surface area contributed by atoms with Crippen LogP contribution in [-0.4, -0.2) is 205 Å². The summed E-state index contributed by atoms with van der Waals surface area (Å²) in [6, 6.07) is 10.1. The molecule has 0 radical (unpaired) electrons. The highest BCUT2D eigenvalue weighted by molar-refractivity contribution is 7.98. The van der Waals surface area contributed by atoms with Gasteiger partial charge in [0, 0.05) is 72.7 Å². The average molecular weight is 1980 g/mol. The number of ether oxygens (including phenoxy) is 2. The second-order valence-electron chi connectivity index (χ2n) is 32.8. The van der Waals surface area contributed by atoms with Gasteiger partial charge in [-0.1, -0.05) is 56.3 Å². The molecule has 6 amide bonds. The summed E-state index contributed by atoms with van der Waals surface area (Å²) in [5.74, 6) is 12.4. The number of amides is 6. The Labute approximate surface area is 821 Å². The number of carbonyl (C=O) groups is 6. The Morgan fingerprint density at radius 2 is 0.638 bits per heavy atom. The molecule has 12 aromatic heterocycles. The van der Waals surface area contributed by atoms with Crippen molar-refractivity contribution in [3.8, 4) is 108 Å². The summed E-state index contributed by atoms with van der Waals surface area (Å²) in [4.78, 5) is 106. The molecular formula is C99H106F8N24O8S2. The van der Waals surface area contributed by atoms with Gasteiger partial charge in [-0.2, -0.15) is 67.3 Å². The van der Waals surface area contributed by atoms with Gasteiger partial charge in [0.25, 0.3) is 0 Å². The maximum Gasteiger partial charge on any atom is 0.415 e. The molecule has 1 unspecified atom stereocenters. The number of nitrogens with zero attached hydrogens (tertiary/aromatic N) is 24. The highest BCUT2D eigenvalue weighted by atomic mass is 32.2. The van der Waals surface area contributed by atoms with Crippen molar-refractivity contribution in [1.82, 2.24) is 88.6 Å². The maximum atomic E-state index is 13.4. The lowest BCUT2D eigenvalue weighted by atomic mass is 10.1. The number of hydrogen-bond acceptors (Lipinski definition) is 22. The van der Waals surface area contributed by atoms with Crippen LogP contribution in [0, 0.1) is 157 Å². The topological polar surface area (TPSA) is 325 Å². The van der Waals surface area contributed by atoms with Gasteiger partial charge in [-0.15, -0.1) is 38.5 Å². The minimum absolute atomic E-state index is 0.0306. The smallest absolute Gasteiger partial charge is 0.415 e. The van der Waals surface area contributed by atoms with Gasteiger partial charge in [0.1, 0.15) is 40.3 Å². The number of terminal acetylenes is 6. The molecule has 0 spiro atoms. The van der Waals surface area contributed by atoms with Crippen molar-refractivity contribution in [2.45, 2.75) is 140 Å². The molecule has 12 heterocycles. The first-order chi connectivity index (χ1) is 66.7. The van der Waals surface area contributed by atoms with E-state index in [-0.39, 0.29) is 74.5 Å². The van der Waals surface area contributed by atoms with Gasteiger partial charge >= 0.3 is 18.4 Å². The molecule has 0 N–H and O–H groups in total. The third-order valence-electron chi connectivity index (χ3n) is 19.0. The van der Waals surface area contributed by atoms with Gasteiger partial charge in [0.2, 0.25) is 23.6 Å². The van der Waals surface area contributed by atoms with E-state index in [0.717, 1.165) is 47.3 Å². The molecule has 0 aromatic carbocycles. The van der Waals surface area contributed by atoms with Gasteiger partial charge in [-0.05, 0) is 108 Å². The Morgan fingerprint density at radius 1 is 0.376 bits per heavy atom. The highest BCUT2D eigenvalue weighted by Gasteiger charge is 2.33. The summed E-state index contributed by atoms with van der Waals surface area (Å²) >= 11 is 3.21. The van der Waals surface area contributed by atoms with E-state index in [1.54, 1.807) is 132 Å². The monoisotopic (exact) mass is 1970 g/mol. The molecule has 0 saturated carbocycles. The second-order valence-corrected chi connectivity index (χ2v) is 34.7. The van der Waals surface area contributed by atoms with E-state index >= 15 is 0 Å². The van der Waals surface area contributed by atoms with Crippen LogP contribution in [0.3, 0.4) is 0 Å². The Morgan fingerprint density at radius 3 is 0.894 bits per heavy atom. The number of halogens is 8. The predicted octanol–water partition coefficient (Wildman–Crippen LogP) is 16.5. The van der Waals surface area contributed by atoms with Crippen LogP contribution in [0.4, 0.5) is 78.8 Å². The Bertz CT molecular complexity index is 6570. The largest absolute Gasteiger partial charge is 0.443 e. The first-order valence-corrected chi connectivity index (χ1v) is 45.7. The SMILES string of the molecule is C#CCN(C(=O)C(C)C)c1cn(-c2cncc(F)c2)nc1C.C#CCN(C(=O)C(C)CSC)c1cn(-c2cncc(F)c2)nc1C.C#CCN(C(=O)CCC(F)(F)F)c1cn(-c2cncc(F)c2)nc1C.C#CCN(C(=O)CCSC)c1cn(-c2cncc(F)c2)nc1C.C#CCN(C(=O)OC(C)(C)C)c1cn(-c2cccnc2)nc1C.C#CCN(C(=O)OC(C)(C)C)c1cn(-c2cncc(F)c2)nc1C. The quantitative estimate of drug-likeness (QED) is 0.0341. The molecule has 32 nitrogen and oxygen atoms in total. The van der Waals surface area contributed by atoms with Crippen LogP contribution in [0.15, 0.2) is 154 Å². The molecule has 0 aliphatic heterocycles. The molecule has 0 aliphatic carbocycles. The standard InChI is InChI=1S/C17H19FN4O2.C17H19FN4OS.C17H20N4O2.C16H14F4N4O.C16H17FN4OS.C16H17FN4O/c1-6-7-21(16(23)24-17(3,4)5)15-11-22(20-12(15)2)14-8-13(18)9-19-10-14;1-5-6-21(17(23)12(2)11-24-4)16-10-22(20-13(16)3)15-7-14(18)8-19-9-15;1-6-10-20(16(22)23-17(3,4)5)15-12-21(19-13(15)2)14-8-7-9-18-11-14;1-3-6-23(15(25)4-5-16(18,19)20)14-10-24(22-11(14)2)13-7-12(17)8-21-9-13;1-4-6-20(16(22)5-7-23-3)15-11-21(19-12(15)2)14-8-13(17)9-18-10-14;1-5-6-20(16(22)11(2)3)15-10-21(19-12(15)4)14-7-13(17)8-18-9-14/h1,8-11H,7H2,2-5H3;1,7-10,12H,6,11H2,2-4H3;1,7-9,11-12H,10H2,2-5H3;1,7-10H,4-6H2,2H3;1,8-11H,5-7H2,2-3H3;1,7-11H,6H2,2-4H3. The predicted molar refractivity (Wildman–Crippen MR) is 527 cm³/mol. The lowest BCUT2D eigenvalue weighted by molar-refractivity contribution is -0.143. The molecule has 0 aliphatic rings. The van der Waals surface area contributed by atoms with Gasteiger partial charge in [-0.25, -0.2) is 59.6 Å². The summed E-state index contributed by atoms with van der Waals surface area (Å²) in [5, 5.41) is 25.9. The molecule has 0 fully saturated rings. The van der Waals surface area contributed by atoms with Gasteiger partial charge in [0.05, 0.1) is 253 Å². The molecule has 0 saturated heterocycles. The van der Waals surface area contributed by atoms with Gasteiger partial charge in [-0.3, -0.25) is 78.5 Å². The number of hydrogen-bond donors (Lipinski definition) is 0. The van der Waals surface area contributed by atoms with Crippen LogP contribution in [-0.2, 0) is 28.7 Å². The van der Waals surface area contributed by atoms with E-state index in [1.807, 2.05) is 73.1 Å². The van der Waals surface area contributed by atoms with Crippen molar-refractivity contribution < 1.29 is 73.4 Å². The van der Waals surface area contributed by atoms with E-state index in [2.05, 4.69) is 96.0 Å². The average Bonchev–Trinajstić information content (AvgIpc) is 2.45. The summed E-state index contributed by atoms with van der Waals surface area (Å²) < 4.78 is 123. The number of alkyl halides is 3. The Kier molecular flexibility index (Phi) is 41.8. The summed E-state index contributed by atoms with van der Waals surface area (Å²) in [6.45, 7) is 27.1. The van der Waals surface area contributed by atoms with Crippen LogP contribution in [0.2, 0.25) is 0 Å². The number of pyridine rings is 6. The van der Waals surface area contributed by atoms with Crippen LogP contribution >= 0.6 is 23.5 Å². The van der Waals surface area contributed by atoms with Crippen LogP contribution in [0.1, 0.15) is 116 Å². The van der Waals surface area contributed by atoms with Crippen LogP contribution < -0.4 is 29.4 Å². The maximum absolute atomic E-state index is 13.4. The van der Waals surface area contributed by atoms with E-state index < -0.39 is 77.4 Å². The molecule has 42 heteroatoms. The third-order valence-corrected chi connectivity index (χ3v) is 20.4. The third kappa shape index (κ3) is 33.5. The van der Waals surface area contributed by atoms with Crippen LogP contribution in [0.25, 0.3) is 34.1 Å². The molecule has 738 valence electrons. The number of aromatic nitrogens is 18. The minimum atomic E-state index is -4.44. The van der Waals surface area contributed by atoms with Gasteiger partial charge < -0.3 is 9.47 Å². The molecule has 1 atom stereocenters. The molecule has 12 rings (SSSR count). The Balaban J connectivity index is 0.000000230. The fourth-order valence-electron chi connectivity index (χ4n) is 12.7. The number of carbonyl (C=O) groups excluding carboxylic acids is 6. The lowest BCUT2D eigenvalue weighted by Crippen LogP contribution is -2.37. The molecule has 0 bridgehead atoms. The summed E-state index contributed by atoms with van der Waals surface area (Å²) in [7, 11) is 0. The number of rotatable bonds is 27. The zero-order valence-electron chi connectivity index (χ0n) is 80.7. The lowest BCUT2D eigenvalue weighted by Gasteiger charge is -2.25. The number of thioether (sulfide) groups is 2. The Hall–Kier alpha value is -15.9. The van der Waals surface area contributed by atoms with Crippen molar-refractivity contribution >= 4 is 93.5 Å². The fourth-order valence-corrected chi connectivity index (χ4v) is 13.7. The number of aryl methyl sites for hydroxylation is 6. The zero-order valence-corrected chi connectivity index (χ0v) is 82.3. The fraction of sp³-hybridized carbons (Fsp3) is 0.333. The first-order valence-electron chi connectivity index (χ1n) is 42.9. The highest BCUT2D eigenvalue weighted by Crippen LogP contribution is 2.32. The molecular weight excluding hydrogens is 1870 g/mol. The van der Waals surface area contributed by atoms with Crippen molar-refractivity contribution in [2.75, 3.05) is 92.7 Å². The van der Waals surface area contributed by atoms with Crippen molar-refractivity contribution in [1.29, 1.82) is 0 Å². The van der Waals surface area contributed by atoms with E-state index in [1.165, 1.54) is 111 Å². The van der Waals surface area contributed by atoms with Crippen molar-refractivity contribution in [3.63, 3.8) is 0 Å². The van der Waals surface area contributed by atoms with Crippen LogP contribution in [0.5, 0.6) is 0 Å². The van der Waals surface area contributed by atoms with E-state index in [0.29, 0.717) is 103 Å². The molecule has 141 heavy (non-hydrogen) atoms. The van der Waals surface area contributed by atoms with Gasteiger partial charge in [0.15, 0.2) is 0 Å². The molecule has 12 aromatic rings. The number of anilines is 6. The van der Waals surface area contributed by atoms with Crippen molar-refractivity contribution in [2.24, 2.45) is 11.8 Å². The minimum Gasteiger partial charge on any atom is -0.443 e.